The molecule has 6 N–H and O–H groups in total. The molecule has 268 valence electrons. The smallest absolute Gasteiger partial charge is 0.244 e. The van der Waals surface area contributed by atoms with Gasteiger partial charge in [-0.1, -0.05) is 48.5 Å². The number of phenols is 4. The third kappa shape index (κ3) is 10.9. The van der Waals surface area contributed by atoms with E-state index in [0.29, 0.717) is 61.5 Å². The average molecular weight is 703 g/mol. The highest BCUT2D eigenvalue weighted by Crippen LogP contribution is 2.26. The summed E-state index contributed by atoms with van der Waals surface area (Å²) < 4.78 is 0. The van der Waals surface area contributed by atoms with Crippen molar-refractivity contribution in [3.8, 4) is 23.0 Å². The van der Waals surface area contributed by atoms with Crippen molar-refractivity contribution >= 4 is 35.5 Å². The molecule has 10 nitrogen and oxygen atoms in total. The lowest BCUT2D eigenvalue weighted by molar-refractivity contribution is -0.119. The molecule has 2 aliphatic rings. The molecule has 0 radical (unpaired) electrons. The zero-order valence-electron chi connectivity index (χ0n) is 28.7. The maximum atomic E-state index is 11.9. The fourth-order valence-corrected chi connectivity index (χ4v) is 6.04. The molecule has 0 saturated heterocycles. The largest absolute Gasteiger partial charge is 0.504 e. The van der Waals surface area contributed by atoms with Gasteiger partial charge in [-0.25, -0.2) is 0 Å². The number of rotatable bonds is 10. The number of phenolic OH excluding ortho intramolecular Hbond substituents is 4. The number of ketones is 2. The van der Waals surface area contributed by atoms with Gasteiger partial charge in [-0.2, -0.15) is 0 Å². The summed E-state index contributed by atoms with van der Waals surface area (Å²) >= 11 is 0. The average Bonchev–Trinajstić information content (AvgIpc) is 3.13. The summed E-state index contributed by atoms with van der Waals surface area (Å²) in [4.78, 5) is 46.7. The van der Waals surface area contributed by atoms with Gasteiger partial charge >= 0.3 is 0 Å². The Kier molecular flexibility index (Phi) is 12.6. The van der Waals surface area contributed by atoms with Crippen LogP contribution >= 0.6 is 0 Å². The molecule has 6 rings (SSSR count). The fourth-order valence-electron chi connectivity index (χ4n) is 6.04. The first-order valence-electron chi connectivity index (χ1n) is 17.2. The lowest BCUT2D eigenvalue weighted by Gasteiger charge is -2.16. The molecule has 0 atom stereocenters. The van der Waals surface area contributed by atoms with Crippen LogP contribution in [0.5, 0.6) is 23.0 Å². The molecule has 4 aromatic carbocycles. The van der Waals surface area contributed by atoms with Crippen LogP contribution in [0.25, 0.3) is 12.2 Å². The van der Waals surface area contributed by atoms with Gasteiger partial charge in [-0.3, -0.25) is 19.2 Å². The van der Waals surface area contributed by atoms with Gasteiger partial charge in [0.2, 0.25) is 11.8 Å². The molecule has 0 aromatic heterocycles. The Labute approximate surface area is 302 Å². The van der Waals surface area contributed by atoms with Crippen LogP contribution in [0.15, 0.2) is 84.9 Å². The van der Waals surface area contributed by atoms with Crippen LogP contribution in [0.4, 0.5) is 0 Å². The fraction of sp³-hybridized carbons (Fsp3) is 0.238. The number of carbonyl (C=O) groups excluding carboxylic acids is 4. The van der Waals surface area contributed by atoms with Gasteiger partial charge in [0, 0.05) is 50.9 Å². The molecule has 10 heteroatoms. The van der Waals surface area contributed by atoms with Gasteiger partial charge in [0.25, 0.3) is 0 Å². The topological polar surface area (TPSA) is 173 Å². The number of aromatic hydroxyl groups is 4. The minimum Gasteiger partial charge on any atom is -0.504 e. The molecule has 0 bridgehead atoms. The zero-order valence-corrected chi connectivity index (χ0v) is 28.7. The van der Waals surface area contributed by atoms with Crippen molar-refractivity contribution in [3.05, 3.63) is 129 Å². The van der Waals surface area contributed by atoms with Crippen LogP contribution in [-0.4, -0.2) is 56.9 Å². The van der Waals surface area contributed by atoms with Crippen LogP contribution in [0.2, 0.25) is 0 Å². The van der Waals surface area contributed by atoms with Crippen molar-refractivity contribution in [2.75, 3.05) is 13.1 Å². The van der Waals surface area contributed by atoms with Crippen LogP contribution in [-0.2, 0) is 57.7 Å². The van der Waals surface area contributed by atoms with E-state index in [1.54, 1.807) is 24.3 Å². The zero-order chi connectivity index (χ0) is 37.0. The normalized spacial score (nSPS) is 13.6. The van der Waals surface area contributed by atoms with Crippen molar-refractivity contribution in [2.45, 2.75) is 51.4 Å². The first-order chi connectivity index (χ1) is 25.0. The van der Waals surface area contributed by atoms with E-state index in [1.165, 1.54) is 47.5 Å². The van der Waals surface area contributed by atoms with Gasteiger partial charge in [-0.15, -0.1) is 0 Å². The summed E-state index contributed by atoms with van der Waals surface area (Å²) in [7, 11) is 0. The highest BCUT2D eigenvalue weighted by molar-refractivity contribution is 5.92. The summed E-state index contributed by atoms with van der Waals surface area (Å²) in [5.41, 5.74) is 8.25. The van der Waals surface area contributed by atoms with Gasteiger partial charge < -0.3 is 31.1 Å². The number of amides is 2. The molecule has 2 amide bonds. The minimum atomic E-state index is -0.221. The molecule has 0 unspecified atom stereocenters. The predicted molar refractivity (Wildman–Crippen MR) is 198 cm³/mol. The molecule has 4 aromatic rings. The first-order valence-corrected chi connectivity index (χ1v) is 17.2. The van der Waals surface area contributed by atoms with Crippen molar-refractivity contribution in [1.29, 1.82) is 0 Å². The van der Waals surface area contributed by atoms with Gasteiger partial charge in [-0.05, 0) is 107 Å². The third-order valence-corrected chi connectivity index (χ3v) is 8.94. The van der Waals surface area contributed by atoms with Gasteiger partial charge in [0.1, 0.15) is 11.6 Å². The molecule has 52 heavy (non-hydrogen) atoms. The van der Waals surface area contributed by atoms with Crippen LogP contribution in [0.1, 0.15) is 57.3 Å². The van der Waals surface area contributed by atoms with E-state index in [-0.39, 0.29) is 34.8 Å². The van der Waals surface area contributed by atoms with Crippen LogP contribution < -0.4 is 10.6 Å². The van der Waals surface area contributed by atoms with Crippen molar-refractivity contribution in [1.82, 2.24) is 10.6 Å². The van der Waals surface area contributed by atoms with Crippen LogP contribution in [0.3, 0.4) is 0 Å². The lowest BCUT2D eigenvalue weighted by Crippen LogP contribution is -2.23. The number of Topliss-reactive ketones (excluding diaryl/α,β-unsaturated/α-hetero) is 2. The van der Waals surface area contributed by atoms with E-state index in [4.69, 9.17) is 0 Å². The number of nitrogens with one attached hydrogen (secondary N) is 2. The Balaban J connectivity index is 0.000000201. The Morgan fingerprint density at radius 1 is 0.519 bits per heavy atom. The molecule has 0 heterocycles. The predicted octanol–water partition coefficient (Wildman–Crippen LogP) is 5.06. The van der Waals surface area contributed by atoms with E-state index in [1.807, 2.05) is 24.3 Å². The lowest BCUT2D eigenvalue weighted by atomic mass is 9.89. The number of hydrogen-bond acceptors (Lipinski definition) is 8. The van der Waals surface area contributed by atoms with Gasteiger partial charge in [0.15, 0.2) is 23.0 Å². The minimum absolute atomic E-state index is 0.194. The van der Waals surface area contributed by atoms with Crippen molar-refractivity contribution < 1.29 is 39.6 Å². The maximum Gasteiger partial charge on any atom is 0.244 e. The van der Waals surface area contributed by atoms with Crippen molar-refractivity contribution in [2.24, 2.45) is 0 Å². The number of carbonyl (C=O) groups is 4. The quantitative estimate of drug-likeness (QED) is 0.0984. The molecule has 0 fully saturated rings. The molecule has 2 aliphatic carbocycles. The summed E-state index contributed by atoms with van der Waals surface area (Å²) in [6.07, 6.45) is 11.3. The number of hydrogen-bond donors (Lipinski definition) is 6. The third-order valence-electron chi connectivity index (χ3n) is 8.94. The van der Waals surface area contributed by atoms with E-state index in [2.05, 4.69) is 22.8 Å². The second-order valence-electron chi connectivity index (χ2n) is 12.9. The molecule has 0 saturated carbocycles. The van der Waals surface area contributed by atoms with E-state index in [9.17, 15) is 39.6 Å². The molecule has 0 aliphatic heterocycles. The SMILES string of the molecule is O=C1CCc2cc(CCNC(=O)/C=C/c3ccc(O)c(O)c3)ccc2C1.O=C1CCc2cc(CCNC(=O)/C=C/c3ccc(O)c(O)c3)ccc2C1. The number of fused-ring (bicyclic) bond motifs is 2. The monoisotopic (exact) mass is 702 g/mol. The van der Waals surface area contributed by atoms with E-state index in [0.717, 1.165) is 47.9 Å². The first kappa shape index (κ1) is 37.1. The van der Waals surface area contributed by atoms with E-state index < -0.39 is 0 Å². The van der Waals surface area contributed by atoms with Crippen LogP contribution in [0, 0.1) is 0 Å². The Hall–Kier alpha value is -6.16. The molecular weight excluding hydrogens is 660 g/mol. The maximum absolute atomic E-state index is 11.9. The number of benzene rings is 4. The van der Waals surface area contributed by atoms with E-state index >= 15 is 0 Å². The summed E-state index contributed by atoms with van der Waals surface area (Å²) in [6, 6.07) is 21.0. The summed E-state index contributed by atoms with van der Waals surface area (Å²) in [5.74, 6) is -0.676. The molecular formula is C42H42N2O8. The second kappa shape index (κ2) is 17.7. The highest BCUT2D eigenvalue weighted by Gasteiger charge is 2.16. The summed E-state index contributed by atoms with van der Waals surface area (Å²) in [6.45, 7) is 1.03. The Morgan fingerprint density at radius 3 is 1.35 bits per heavy atom. The number of aryl methyl sites for hydroxylation is 2. The van der Waals surface area contributed by atoms with Gasteiger partial charge in [0.05, 0.1) is 0 Å². The summed E-state index contributed by atoms with van der Waals surface area (Å²) in [5, 5.41) is 43.0. The Bertz CT molecular complexity index is 1890. The Morgan fingerprint density at radius 2 is 0.942 bits per heavy atom. The standard InChI is InChI=1S/2C21H21NO4/c2*23-18-6-5-16-11-15(1-4-17(16)13-18)9-10-22-21(26)8-3-14-2-7-19(24)20(25)12-14/h2*1-4,7-8,11-12,24-25H,5-6,9-10,13H2,(H,22,26)/b2*8-3+. The van der Waals surface area contributed by atoms with Crippen molar-refractivity contribution in [3.63, 3.8) is 0 Å². The second-order valence-corrected chi connectivity index (χ2v) is 12.9. The molecule has 0 spiro atoms. The highest BCUT2D eigenvalue weighted by atomic mass is 16.3.